The summed E-state index contributed by atoms with van der Waals surface area (Å²) in [5.74, 6) is -0.918. The Morgan fingerprint density at radius 2 is 0.711 bits per heavy atom. The van der Waals surface area contributed by atoms with Gasteiger partial charge in [0.05, 0.1) is 27.7 Å². The maximum absolute atomic E-state index is 12.8. The minimum Gasteiger partial charge on any atom is -0.756 e. The molecule has 0 radical (unpaired) electrons. The molecule has 0 fully saturated rings. The summed E-state index contributed by atoms with van der Waals surface area (Å²) in [6, 6.07) is 0. The molecule has 0 aromatic rings. The van der Waals surface area contributed by atoms with Crippen molar-refractivity contribution < 1.29 is 42.1 Å². The molecule has 0 bridgehead atoms. The first-order chi connectivity index (χ1) is 37.0. The number of phosphoric acid groups is 1. The molecule has 0 aromatic carbocycles. The van der Waals surface area contributed by atoms with Gasteiger partial charge in [0.2, 0.25) is 0 Å². The van der Waals surface area contributed by atoms with E-state index < -0.39 is 32.5 Å². The fraction of sp³-hybridized carbons (Fsp3) is 0.545. The van der Waals surface area contributed by atoms with E-state index in [0.29, 0.717) is 23.9 Å². The van der Waals surface area contributed by atoms with Crippen LogP contribution < -0.4 is 4.89 Å². The molecule has 76 heavy (non-hydrogen) atoms. The van der Waals surface area contributed by atoms with E-state index >= 15 is 0 Å². The second-order valence-electron chi connectivity index (χ2n) is 19.5. The summed E-state index contributed by atoms with van der Waals surface area (Å²) in [5.41, 5.74) is 0. The van der Waals surface area contributed by atoms with Crippen LogP contribution in [0.4, 0.5) is 0 Å². The van der Waals surface area contributed by atoms with Gasteiger partial charge < -0.3 is 27.9 Å². The predicted octanol–water partition coefficient (Wildman–Crippen LogP) is 17.6. The molecule has 0 heterocycles. The lowest BCUT2D eigenvalue weighted by atomic mass is 10.1. The monoisotopic (exact) mass is 1070 g/mol. The Morgan fingerprint density at radius 3 is 1.08 bits per heavy atom. The first-order valence-corrected chi connectivity index (χ1v) is 30.3. The molecule has 0 N–H and O–H groups in total. The Balaban J connectivity index is 4.34. The van der Waals surface area contributed by atoms with E-state index in [2.05, 4.69) is 184 Å². The third-order valence-corrected chi connectivity index (χ3v) is 12.2. The standard InChI is InChI=1S/C66H104NO8P/c1-6-8-10-12-14-16-18-20-22-24-26-27-28-29-30-31-32-33-34-35-36-37-38-39-41-43-45-47-49-51-53-55-57-59-66(69)75-64(63-74-76(70,71)73-61-60-67(3,4)5)62-72-65(68)58-56-54-52-50-48-46-44-42-40-25-23-21-19-17-15-13-11-9-7-2/h8-11,14-17,20-23,26-27,29-30,32-33,35-36,38-40,42-43,45,49,51,64H,6-7,12-13,18-19,24-25,28,31,34,37,41,44,46-48,50,52-63H2,1-5H3/b10-8-,11-9-,16-14-,17-15-,22-20-,23-21-,27-26-,30-29-,33-32-,36-35-,39-38-,42-40-,45-43-,51-49-. The number of esters is 2. The summed E-state index contributed by atoms with van der Waals surface area (Å²) in [4.78, 5) is 37.8. The Morgan fingerprint density at radius 1 is 0.408 bits per heavy atom. The third kappa shape index (κ3) is 58.6. The van der Waals surface area contributed by atoms with Crippen LogP contribution in [0.5, 0.6) is 0 Å². The molecule has 9 nitrogen and oxygen atoms in total. The van der Waals surface area contributed by atoms with E-state index in [-0.39, 0.29) is 26.1 Å². The topological polar surface area (TPSA) is 111 Å². The van der Waals surface area contributed by atoms with Crippen LogP contribution in [-0.2, 0) is 32.7 Å². The highest BCUT2D eigenvalue weighted by Gasteiger charge is 2.21. The van der Waals surface area contributed by atoms with Crippen LogP contribution >= 0.6 is 7.82 Å². The SMILES string of the molecule is CC/C=C\C/C=C\C/C=C\C/C=C\C/C=C\C/C=C\C/C=C\C/C=C\C/C=C\C/C=C\CCCCC(=O)OC(COC(=O)CCCCCCCC/C=C\C/C=C\C/C=C\C/C=C\CC)COP(=O)([O-])OCC[N+](C)(C)C. The fourth-order valence-corrected chi connectivity index (χ4v) is 7.58. The number of phosphoric ester groups is 1. The second-order valence-corrected chi connectivity index (χ2v) is 20.9. The molecule has 2 atom stereocenters. The predicted molar refractivity (Wildman–Crippen MR) is 323 cm³/mol. The number of nitrogens with zero attached hydrogens (tertiary/aromatic N) is 1. The number of allylic oxidation sites excluding steroid dienone is 28. The molecule has 0 amide bonds. The van der Waals surface area contributed by atoms with Gasteiger partial charge in [0.15, 0.2) is 6.10 Å². The molecule has 0 aliphatic rings. The summed E-state index contributed by atoms with van der Waals surface area (Å²) in [7, 11) is 1.10. The quantitative estimate of drug-likeness (QED) is 0.0195. The molecule has 0 aliphatic carbocycles. The van der Waals surface area contributed by atoms with Gasteiger partial charge in [-0.25, -0.2) is 0 Å². The van der Waals surface area contributed by atoms with Crippen molar-refractivity contribution in [2.24, 2.45) is 0 Å². The first kappa shape index (κ1) is 71.4. The Kier molecular flexibility index (Phi) is 51.8. The molecule has 0 aromatic heterocycles. The number of hydrogen-bond acceptors (Lipinski definition) is 8. The molecule has 426 valence electrons. The van der Waals surface area contributed by atoms with Gasteiger partial charge in [-0.2, -0.15) is 0 Å². The van der Waals surface area contributed by atoms with E-state index in [0.717, 1.165) is 141 Å². The lowest BCUT2D eigenvalue weighted by Crippen LogP contribution is -2.37. The average molecular weight is 1070 g/mol. The van der Waals surface area contributed by atoms with Gasteiger partial charge >= 0.3 is 11.9 Å². The second kappa shape index (κ2) is 55.1. The van der Waals surface area contributed by atoms with Crippen molar-refractivity contribution in [2.75, 3.05) is 47.5 Å². The van der Waals surface area contributed by atoms with Crippen molar-refractivity contribution in [3.8, 4) is 0 Å². The van der Waals surface area contributed by atoms with E-state index in [1.807, 2.05) is 21.1 Å². The van der Waals surface area contributed by atoms with E-state index in [1.54, 1.807) is 0 Å². The zero-order valence-electron chi connectivity index (χ0n) is 48.1. The summed E-state index contributed by atoms with van der Waals surface area (Å²) in [6.07, 6.45) is 84.0. The number of unbranched alkanes of at least 4 members (excludes halogenated alkanes) is 8. The van der Waals surface area contributed by atoms with Gasteiger partial charge in [-0.1, -0.05) is 210 Å². The highest BCUT2D eigenvalue weighted by Crippen LogP contribution is 2.38. The van der Waals surface area contributed by atoms with Crippen molar-refractivity contribution in [3.63, 3.8) is 0 Å². The zero-order chi connectivity index (χ0) is 55.6. The fourth-order valence-electron chi connectivity index (χ4n) is 6.85. The lowest BCUT2D eigenvalue weighted by Gasteiger charge is -2.28. The van der Waals surface area contributed by atoms with Gasteiger partial charge in [-0.05, 0) is 128 Å². The maximum Gasteiger partial charge on any atom is 0.306 e. The number of ether oxygens (including phenoxy) is 2. The number of likely N-dealkylation sites (N-methyl/N-ethyl adjacent to an activating group) is 1. The summed E-state index contributed by atoms with van der Waals surface area (Å²) in [6.45, 7) is 3.90. The van der Waals surface area contributed by atoms with Gasteiger partial charge in [-0.15, -0.1) is 0 Å². The minimum absolute atomic E-state index is 0.0528. The number of carbonyl (C=O) groups is 2. The van der Waals surface area contributed by atoms with Crippen LogP contribution in [0.3, 0.4) is 0 Å². The smallest absolute Gasteiger partial charge is 0.306 e. The van der Waals surface area contributed by atoms with Crippen molar-refractivity contribution in [3.05, 3.63) is 170 Å². The molecular formula is C66H104NO8P. The maximum atomic E-state index is 12.8. The molecule has 2 unspecified atom stereocenters. The van der Waals surface area contributed by atoms with E-state index in [4.69, 9.17) is 18.5 Å². The van der Waals surface area contributed by atoms with Crippen LogP contribution in [-0.4, -0.2) is 70.0 Å². The van der Waals surface area contributed by atoms with Crippen molar-refractivity contribution in [2.45, 2.75) is 187 Å². The third-order valence-electron chi connectivity index (χ3n) is 11.2. The number of hydrogen-bond donors (Lipinski definition) is 0. The number of rotatable bonds is 50. The van der Waals surface area contributed by atoms with Gasteiger partial charge in [-0.3, -0.25) is 14.2 Å². The van der Waals surface area contributed by atoms with Gasteiger partial charge in [0, 0.05) is 12.8 Å². The largest absolute Gasteiger partial charge is 0.756 e. The van der Waals surface area contributed by atoms with Crippen molar-refractivity contribution in [1.29, 1.82) is 0 Å². The molecule has 10 heteroatoms. The first-order valence-electron chi connectivity index (χ1n) is 28.8. The van der Waals surface area contributed by atoms with Crippen molar-refractivity contribution in [1.82, 2.24) is 0 Å². The van der Waals surface area contributed by atoms with Gasteiger partial charge in [0.1, 0.15) is 19.8 Å². The Labute approximate surface area is 464 Å². The normalized spacial score (nSPS) is 14.6. The Hall–Kier alpha value is -4.63. The summed E-state index contributed by atoms with van der Waals surface area (Å²) in [5, 5.41) is 0. The molecule has 0 spiro atoms. The summed E-state index contributed by atoms with van der Waals surface area (Å²) >= 11 is 0. The van der Waals surface area contributed by atoms with E-state index in [1.165, 1.54) is 0 Å². The number of quaternary nitrogens is 1. The number of carbonyl (C=O) groups excluding carboxylic acids is 2. The van der Waals surface area contributed by atoms with Crippen LogP contribution in [0.15, 0.2) is 170 Å². The van der Waals surface area contributed by atoms with Crippen molar-refractivity contribution >= 4 is 19.8 Å². The van der Waals surface area contributed by atoms with Crippen LogP contribution in [0, 0.1) is 0 Å². The summed E-state index contributed by atoms with van der Waals surface area (Å²) < 4.78 is 34.0. The minimum atomic E-state index is -4.67. The van der Waals surface area contributed by atoms with Crippen LogP contribution in [0.25, 0.3) is 0 Å². The molecule has 0 saturated carbocycles. The Bertz CT molecular complexity index is 1880. The van der Waals surface area contributed by atoms with Crippen LogP contribution in [0.2, 0.25) is 0 Å². The zero-order valence-corrected chi connectivity index (χ0v) is 49.0. The van der Waals surface area contributed by atoms with Crippen LogP contribution in [0.1, 0.15) is 181 Å². The van der Waals surface area contributed by atoms with Gasteiger partial charge in [0.25, 0.3) is 7.82 Å². The highest BCUT2D eigenvalue weighted by atomic mass is 31.2. The molecular weight excluding hydrogens is 966 g/mol. The average Bonchev–Trinajstić information content (AvgIpc) is 3.38. The highest BCUT2D eigenvalue weighted by molar-refractivity contribution is 7.45. The molecule has 0 aliphatic heterocycles. The molecule has 0 saturated heterocycles. The van der Waals surface area contributed by atoms with E-state index in [9.17, 15) is 19.0 Å². The molecule has 0 rings (SSSR count). The lowest BCUT2D eigenvalue weighted by molar-refractivity contribution is -0.870.